The predicted molar refractivity (Wildman–Crippen MR) is 81.1 cm³/mol. The second-order valence-corrected chi connectivity index (χ2v) is 5.19. The average molecular weight is 264 g/mol. The van der Waals surface area contributed by atoms with Gasteiger partial charge in [0.1, 0.15) is 0 Å². The first-order valence-corrected chi connectivity index (χ1v) is 7.31. The van der Waals surface area contributed by atoms with Crippen LogP contribution in [0.5, 0.6) is 0 Å². The second-order valence-electron chi connectivity index (χ2n) is 5.19. The standard InChI is InChI=1S/C16H28N2O/c1-4-10-18(11-12-19)16(15(17)5-2)14-8-6-13(3)7-9-14/h6-9,15-16,19H,4-5,10-12,17H2,1-3H3. The van der Waals surface area contributed by atoms with Gasteiger partial charge in [-0.05, 0) is 31.9 Å². The molecule has 0 aliphatic heterocycles. The first-order chi connectivity index (χ1) is 9.13. The first kappa shape index (κ1) is 16.2. The van der Waals surface area contributed by atoms with Gasteiger partial charge in [0.2, 0.25) is 0 Å². The summed E-state index contributed by atoms with van der Waals surface area (Å²) in [7, 11) is 0. The number of aryl methyl sites for hydroxylation is 1. The molecule has 108 valence electrons. The summed E-state index contributed by atoms with van der Waals surface area (Å²) in [6, 6.07) is 8.88. The lowest BCUT2D eigenvalue weighted by molar-refractivity contribution is 0.132. The SMILES string of the molecule is CCCN(CCO)C(c1ccc(C)cc1)C(N)CC. The van der Waals surface area contributed by atoms with Crippen molar-refractivity contribution in [2.75, 3.05) is 19.7 Å². The van der Waals surface area contributed by atoms with E-state index in [2.05, 4.69) is 49.9 Å². The Hall–Kier alpha value is -0.900. The highest BCUT2D eigenvalue weighted by atomic mass is 16.3. The number of aliphatic hydroxyl groups is 1. The summed E-state index contributed by atoms with van der Waals surface area (Å²) in [4.78, 5) is 2.30. The highest BCUT2D eigenvalue weighted by Crippen LogP contribution is 2.25. The van der Waals surface area contributed by atoms with Gasteiger partial charge in [-0.1, -0.05) is 43.7 Å². The highest BCUT2D eigenvalue weighted by molar-refractivity contribution is 5.25. The Labute approximate surface area is 117 Å². The van der Waals surface area contributed by atoms with Crippen molar-refractivity contribution < 1.29 is 5.11 Å². The Morgan fingerprint density at radius 2 is 1.79 bits per heavy atom. The third-order valence-electron chi connectivity index (χ3n) is 3.59. The molecule has 0 radical (unpaired) electrons. The van der Waals surface area contributed by atoms with Crippen LogP contribution in [0.25, 0.3) is 0 Å². The van der Waals surface area contributed by atoms with Gasteiger partial charge < -0.3 is 10.8 Å². The number of aliphatic hydroxyl groups excluding tert-OH is 1. The summed E-state index contributed by atoms with van der Waals surface area (Å²) < 4.78 is 0. The zero-order valence-electron chi connectivity index (χ0n) is 12.5. The molecule has 0 fully saturated rings. The van der Waals surface area contributed by atoms with Gasteiger partial charge in [0.05, 0.1) is 6.61 Å². The fourth-order valence-electron chi connectivity index (χ4n) is 2.52. The summed E-state index contributed by atoms with van der Waals surface area (Å²) in [5.74, 6) is 0. The topological polar surface area (TPSA) is 49.5 Å². The minimum absolute atomic E-state index is 0.0980. The molecule has 3 N–H and O–H groups in total. The van der Waals surface area contributed by atoms with E-state index < -0.39 is 0 Å². The van der Waals surface area contributed by atoms with E-state index in [0.717, 1.165) is 19.4 Å². The van der Waals surface area contributed by atoms with Gasteiger partial charge in [-0.2, -0.15) is 0 Å². The molecule has 0 aromatic heterocycles. The van der Waals surface area contributed by atoms with Crippen LogP contribution in [0.15, 0.2) is 24.3 Å². The lowest BCUT2D eigenvalue weighted by Crippen LogP contribution is -2.42. The minimum atomic E-state index is 0.0980. The van der Waals surface area contributed by atoms with E-state index in [1.807, 2.05) is 0 Å². The Bertz CT molecular complexity index is 344. The summed E-state index contributed by atoms with van der Waals surface area (Å²) in [5, 5.41) is 9.28. The van der Waals surface area contributed by atoms with Crippen LogP contribution in [0, 0.1) is 6.92 Å². The minimum Gasteiger partial charge on any atom is -0.395 e. The van der Waals surface area contributed by atoms with Crippen LogP contribution in [-0.2, 0) is 0 Å². The fraction of sp³-hybridized carbons (Fsp3) is 0.625. The van der Waals surface area contributed by atoms with Crippen molar-refractivity contribution in [2.45, 2.75) is 45.7 Å². The molecule has 0 saturated carbocycles. The summed E-state index contributed by atoms with van der Waals surface area (Å²) >= 11 is 0. The molecule has 0 heterocycles. The summed E-state index contributed by atoms with van der Waals surface area (Å²) in [6.45, 7) is 8.20. The zero-order valence-corrected chi connectivity index (χ0v) is 12.5. The van der Waals surface area contributed by atoms with E-state index in [1.54, 1.807) is 0 Å². The number of rotatable bonds is 8. The van der Waals surface area contributed by atoms with E-state index in [-0.39, 0.29) is 18.7 Å². The number of nitrogens with two attached hydrogens (primary N) is 1. The molecular weight excluding hydrogens is 236 g/mol. The maximum absolute atomic E-state index is 9.28. The Kier molecular flexibility index (Phi) is 7.06. The maximum atomic E-state index is 9.28. The molecule has 0 amide bonds. The Balaban J connectivity index is 3.00. The van der Waals surface area contributed by atoms with Crippen molar-refractivity contribution in [1.82, 2.24) is 4.90 Å². The van der Waals surface area contributed by atoms with E-state index >= 15 is 0 Å². The molecule has 0 bridgehead atoms. The molecule has 0 spiro atoms. The third-order valence-corrected chi connectivity index (χ3v) is 3.59. The quantitative estimate of drug-likeness (QED) is 0.758. The van der Waals surface area contributed by atoms with Crippen LogP contribution in [0.1, 0.15) is 43.9 Å². The van der Waals surface area contributed by atoms with Gasteiger partial charge in [0.25, 0.3) is 0 Å². The number of nitrogens with zero attached hydrogens (tertiary/aromatic N) is 1. The second kappa shape index (κ2) is 8.31. The molecule has 1 aromatic carbocycles. The highest BCUT2D eigenvalue weighted by Gasteiger charge is 2.24. The molecule has 0 saturated heterocycles. The third kappa shape index (κ3) is 4.60. The summed E-state index contributed by atoms with van der Waals surface area (Å²) in [6.07, 6.45) is 2.00. The molecule has 3 nitrogen and oxygen atoms in total. The molecule has 1 rings (SSSR count). The first-order valence-electron chi connectivity index (χ1n) is 7.31. The van der Waals surface area contributed by atoms with Crippen molar-refractivity contribution in [3.63, 3.8) is 0 Å². The van der Waals surface area contributed by atoms with Crippen LogP contribution in [0.2, 0.25) is 0 Å². The van der Waals surface area contributed by atoms with Crippen molar-refractivity contribution >= 4 is 0 Å². The van der Waals surface area contributed by atoms with Gasteiger partial charge in [-0.3, -0.25) is 4.90 Å². The Morgan fingerprint density at radius 3 is 2.26 bits per heavy atom. The monoisotopic (exact) mass is 264 g/mol. The molecule has 0 aliphatic rings. The van der Waals surface area contributed by atoms with Gasteiger partial charge in [-0.15, -0.1) is 0 Å². The van der Waals surface area contributed by atoms with Crippen molar-refractivity contribution in [3.8, 4) is 0 Å². The van der Waals surface area contributed by atoms with Crippen LogP contribution >= 0.6 is 0 Å². The van der Waals surface area contributed by atoms with Crippen molar-refractivity contribution in [2.24, 2.45) is 5.73 Å². The number of hydrogen-bond donors (Lipinski definition) is 2. The molecule has 3 heteroatoms. The van der Waals surface area contributed by atoms with Crippen LogP contribution in [-0.4, -0.2) is 35.7 Å². The van der Waals surface area contributed by atoms with Gasteiger partial charge >= 0.3 is 0 Å². The van der Waals surface area contributed by atoms with Gasteiger partial charge in [0, 0.05) is 18.6 Å². The average Bonchev–Trinajstić information content (AvgIpc) is 2.41. The predicted octanol–water partition coefficient (Wildman–Crippen LogP) is 2.48. The van der Waals surface area contributed by atoms with Crippen LogP contribution < -0.4 is 5.73 Å². The number of benzene rings is 1. The van der Waals surface area contributed by atoms with E-state index in [9.17, 15) is 5.11 Å². The molecular formula is C16H28N2O. The lowest BCUT2D eigenvalue weighted by atomic mass is 9.95. The molecule has 0 aliphatic carbocycles. The maximum Gasteiger partial charge on any atom is 0.0558 e. The largest absolute Gasteiger partial charge is 0.395 e. The van der Waals surface area contributed by atoms with E-state index in [4.69, 9.17) is 5.73 Å². The van der Waals surface area contributed by atoms with Crippen molar-refractivity contribution in [3.05, 3.63) is 35.4 Å². The molecule has 19 heavy (non-hydrogen) atoms. The lowest BCUT2D eigenvalue weighted by Gasteiger charge is -2.35. The molecule has 1 aromatic rings. The zero-order chi connectivity index (χ0) is 14.3. The summed E-state index contributed by atoms with van der Waals surface area (Å²) in [5.41, 5.74) is 8.84. The van der Waals surface area contributed by atoms with Crippen LogP contribution in [0.3, 0.4) is 0 Å². The van der Waals surface area contributed by atoms with Crippen molar-refractivity contribution in [1.29, 1.82) is 0 Å². The van der Waals surface area contributed by atoms with Gasteiger partial charge in [-0.25, -0.2) is 0 Å². The molecule has 2 unspecified atom stereocenters. The number of hydrogen-bond acceptors (Lipinski definition) is 3. The van der Waals surface area contributed by atoms with Gasteiger partial charge in [0.15, 0.2) is 0 Å². The fourth-order valence-corrected chi connectivity index (χ4v) is 2.52. The van der Waals surface area contributed by atoms with E-state index in [1.165, 1.54) is 11.1 Å². The van der Waals surface area contributed by atoms with Crippen LogP contribution in [0.4, 0.5) is 0 Å². The molecule has 2 atom stereocenters. The normalized spacial score (nSPS) is 14.6. The smallest absolute Gasteiger partial charge is 0.0558 e. The Morgan fingerprint density at radius 1 is 1.16 bits per heavy atom. The van der Waals surface area contributed by atoms with E-state index in [0.29, 0.717) is 6.54 Å².